The number of esters is 1. The summed E-state index contributed by atoms with van der Waals surface area (Å²) < 4.78 is 4.87. The van der Waals surface area contributed by atoms with Crippen LogP contribution >= 0.6 is 0 Å². The summed E-state index contributed by atoms with van der Waals surface area (Å²) in [6.07, 6.45) is 7.26. The first-order chi connectivity index (χ1) is 8.07. The fourth-order valence-electron chi connectivity index (χ4n) is 1.52. The van der Waals surface area contributed by atoms with Crippen molar-refractivity contribution >= 4 is 5.97 Å². The second-order valence-electron chi connectivity index (χ2n) is 4.57. The third-order valence-corrected chi connectivity index (χ3v) is 2.58. The molecule has 0 spiro atoms. The van der Waals surface area contributed by atoms with E-state index in [1.807, 2.05) is 0 Å². The van der Waals surface area contributed by atoms with Gasteiger partial charge in [0.25, 0.3) is 0 Å². The number of carbonyl (C=O) groups excluding carboxylic acids is 1. The van der Waals surface area contributed by atoms with E-state index < -0.39 is 6.10 Å². The highest BCUT2D eigenvalue weighted by Crippen LogP contribution is 2.11. The molecule has 17 heavy (non-hydrogen) atoms. The topological polar surface area (TPSA) is 46.5 Å². The fourth-order valence-corrected chi connectivity index (χ4v) is 1.52. The molecule has 0 heterocycles. The maximum atomic E-state index is 11.4. The summed E-state index contributed by atoms with van der Waals surface area (Å²) in [7, 11) is 0. The summed E-state index contributed by atoms with van der Waals surface area (Å²) in [5.74, 6) is -0.376. The van der Waals surface area contributed by atoms with E-state index in [-0.39, 0.29) is 12.6 Å². The van der Waals surface area contributed by atoms with E-state index in [1.54, 1.807) is 6.92 Å². The Hall–Kier alpha value is -0.830. The number of unbranched alkanes of at least 4 members (excludes halogenated alkanes) is 5. The summed E-state index contributed by atoms with van der Waals surface area (Å²) in [6, 6.07) is 0. The first-order valence-corrected chi connectivity index (χ1v) is 6.60. The van der Waals surface area contributed by atoms with Gasteiger partial charge in [-0.1, -0.05) is 45.6 Å². The smallest absolute Gasteiger partial charge is 0.333 e. The quantitative estimate of drug-likeness (QED) is 0.363. The van der Waals surface area contributed by atoms with E-state index in [0.717, 1.165) is 12.8 Å². The zero-order valence-corrected chi connectivity index (χ0v) is 11.2. The van der Waals surface area contributed by atoms with Crippen LogP contribution < -0.4 is 0 Å². The van der Waals surface area contributed by atoms with Crippen molar-refractivity contribution < 1.29 is 14.6 Å². The lowest BCUT2D eigenvalue weighted by Crippen LogP contribution is -2.16. The van der Waals surface area contributed by atoms with Crippen LogP contribution in [0.1, 0.15) is 58.8 Å². The number of carbonyl (C=O) groups is 1. The number of hydrogen-bond acceptors (Lipinski definition) is 3. The standard InChI is InChI=1S/C14H26O3/c1-4-5-6-7-8-9-10-12(2)14(16)17-11-13(3)15/h13,15H,2,4-11H2,1,3H3. The minimum atomic E-state index is -0.610. The maximum Gasteiger partial charge on any atom is 0.333 e. The highest BCUT2D eigenvalue weighted by atomic mass is 16.5. The molecule has 0 aliphatic rings. The van der Waals surface area contributed by atoms with Crippen LogP contribution in [-0.2, 0) is 9.53 Å². The largest absolute Gasteiger partial charge is 0.460 e. The normalized spacial score (nSPS) is 12.2. The van der Waals surface area contributed by atoms with Crippen molar-refractivity contribution in [3.63, 3.8) is 0 Å². The summed E-state index contributed by atoms with van der Waals surface area (Å²) in [6.45, 7) is 7.54. The van der Waals surface area contributed by atoms with E-state index >= 15 is 0 Å². The van der Waals surface area contributed by atoms with Gasteiger partial charge in [0.2, 0.25) is 0 Å². The van der Waals surface area contributed by atoms with Crippen LogP contribution in [0.4, 0.5) is 0 Å². The first kappa shape index (κ1) is 16.2. The van der Waals surface area contributed by atoms with Crippen LogP contribution in [0, 0.1) is 0 Å². The molecule has 3 heteroatoms. The Morgan fingerprint density at radius 3 is 2.41 bits per heavy atom. The molecule has 0 saturated carbocycles. The predicted molar refractivity (Wildman–Crippen MR) is 69.8 cm³/mol. The Balaban J connectivity index is 3.47. The van der Waals surface area contributed by atoms with Crippen molar-refractivity contribution in [2.75, 3.05) is 6.61 Å². The molecule has 0 bridgehead atoms. The first-order valence-electron chi connectivity index (χ1n) is 6.60. The summed E-state index contributed by atoms with van der Waals surface area (Å²) in [4.78, 5) is 11.4. The Morgan fingerprint density at radius 2 is 1.82 bits per heavy atom. The molecule has 1 unspecified atom stereocenters. The molecule has 0 rings (SSSR count). The zero-order valence-electron chi connectivity index (χ0n) is 11.2. The second-order valence-corrected chi connectivity index (χ2v) is 4.57. The fraction of sp³-hybridized carbons (Fsp3) is 0.786. The molecule has 100 valence electrons. The second kappa shape index (κ2) is 10.3. The van der Waals surface area contributed by atoms with E-state index in [2.05, 4.69) is 13.5 Å². The van der Waals surface area contributed by atoms with E-state index in [1.165, 1.54) is 25.7 Å². The van der Waals surface area contributed by atoms with Crippen LogP contribution in [0.25, 0.3) is 0 Å². The lowest BCUT2D eigenvalue weighted by atomic mass is 10.1. The van der Waals surface area contributed by atoms with Gasteiger partial charge in [-0.2, -0.15) is 0 Å². The molecule has 0 aromatic heterocycles. The van der Waals surface area contributed by atoms with Gasteiger partial charge < -0.3 is 9.84 Å². The Kier molecular flexibility index (Phi) is 9.83. The van der Waals surface area contributed by atoms with Crippen molar-refractivity contribution in [1.82, 2.24) is 0 Å². The molecule has 0 aliphatic heterocycles. The van der Waals surface area contributed by atoms with Crippen LogP contribution in [-0.4, -0.2) is 23.8 Å². The number of ether oxygens (including phenoxy) is 1. The summed E-state index contributed by atoms with van der Waals surface area (Å²) in [5, 5.41) is 8.97. The lowest BCUT2D eigenvalue weighted by Gasteiger charge is -2.08. The van der Waals surface area contributed by atoms with Crippen LogP contribution in [0.15, 0.2) is 12.2 Å². The van der Waals surface area contributed by atoms with Crippen LogP contribution in [0.2, 0.25) is 0 Å². The van der Waals surface area contributed by atoms with Gasteiger partial charge in [-0.15, -0.1) is 0 Å². The highest BCUT2D eigenvalue weighted by Gasteiger charge is 2.09. The Morgan fingerprint density at radius 1 is 1.24 bits per heavy atom. The zero-order chi connectivity index (χ0) is 13.1. The maximum absolute atomic E-state index is 11.4. The molecule has 1 N–H and O–H groups in total. The SMILES string of the molecule is C=C(CCCCCCCC)C(=O)OCC(C)O. The molecule has 3 nitrogen and oxygen atoms in total. The monoisotopic (exact) mass is 242 g/mol. The minimum absolute atomic E-state index is 0.0500. The van der Waals surface area contributed by atoms with E-state index in [4.69, 9.17) is 9.84 Å². The molecule has 0 fully saturated rings. The number of rotatable bonds is 10. The molecular formula is C14H26O3. The van der Waals surface area contributed by atoms with Gasteiger partial charge >= 0.3 is 5.97 Å². The van der Waals surface area contributed by atoms with Crippen molar-refractivity contribution in [3.05, 3.63) is 12.2 Å². The Labute approximate surface area is 105 Å². The van der Waals surface area contributed by atoms with Crippen molar-refractivity contribution in [2.24, 2.45) is 0 Å². The molecule has 0 saturated heterocycles. The molecule has 0 radical (unpaired) electrons. The highest BCUT2D eigenvalue weighted by molar-refractivity contribution is 5.87. The number of hydrogen-bond donors (Lipinski definition) is 1. The molecule has 0 aliphatic carbocycles. The number of aliphatic hydroxyl groups is 1. The third kappa shape index (κ3) is 10.1. The average molecular weight is 242 g/mol. The average Bonchev–Trinajstić information content (AvgIpc) is 2.30. The van der Waals surface area contributed by atoms with E-state index in [0.29, 0.717) is 12.0 Å². The molecule has 0 amide bonds. The van der Waals surface area contributed by atoms with Crippen molar-refractivity contribution in [1.29, 1.82) is 0 Å². The van der Waals surface area contributed by atoms with Gasteiger partial charge in [0, 0.05) is 5.57 Å². The van der Waals surface area contributed by atoms with Crippen LogP contribution in [0.3, 0.4) is 0 Å². The van der Waals surface area contributed by atoms with Crippen molar-refractivity contribution in [3.8, 4) is 0 Å². The molecule has 0 aromatic carbocycles. The van der Waals surface area contributed by atoms with E-state index in [9.17, 15) is 4.79 Å². The minimum Gasteiger partial charge on any atom is -0.460 e. The summed E-state index contributed by atoms with van der Waals surface area (Å²) >= 11 is 0. The molecule has 1 atom stereocenters. The van der Waals surface area contributed by atoms with Gasteiger partial charge in [0.1, 0.15) is 6.61 Å². The van der Waals surface area contributed by atoms with Gasteiger partial charge in [-0.25, -0.2) is 4.79 Å². The Bertz CT molecular complexity index is 222. The van der Waals surface area contributed by atoms with Gasteiger partial charge in [-0.05, 0) is 19.8 Å². The molecule has 0 aromatic rings. The predicted octanol–water partition coefficient (Wildman–Crippen LogP) is 3.22. The third-order valence-electron chi connectivity index (χ3n) is 2.58. The van der Waals surface area contributed by atoms with Crippen molar-refractivity contribution in [2.45, 2.75) is 64.9 Å². The summed E-state index contributed by atoms with van der Waals surface area (Å²) in [5.41, 5.74) is 0.515. The lowest BCUT2D eigenvalue weighted by molar-refractivity contribution is -0.141. The van der Waals surface area contributed by atoms with Gasteiger partial charge in [-0.3, -0.25) is 0 Å². The number of aliphatic hydroxyl groups excluding tert-OH is 1. The molecular weight excluding hydrogens is 216 g/mol. The van der Waals surface area contributed by atoms with Gasteiger partial charge in [0.05, 0.1) is 6.10 Å². The van der Waals surface area contributed by atoms with Gasteiger partial charge in [0.15, 0.2) is 0 Å². The van der Waals surface area contributed by atoms with Crippen LogP contribution in [0.5, 0.6) is 0 Å².